The molecule has 1 aromatic carbocycles. The van der Waals surface area contributed by atoms with Crippen molar-refractivity contribution in [1.29, 1.82) is 0 Å². The number of hydrogen-bond donors (Lipinski definition) is 0. The topological polar surface area (TPSA) is 56.0 Å². The van der Waals surface area contributed by atoms with Crippen LogP contribution in [0.5, 0.6) is 0 Å². The Morgan fingerprint density at radius 2 is 1.92 bits per heavy atom. The van der Waals surface area contributed by atoms with Crippen LogP contribution >= 0.6 is 22.9 Å². The van der Waals surface area contributed by atoms with Crippen LogP contribution in [0.1, 0.15) is 11.3 Å². The molecule has 0 unspecified atom stereocenters. The summed E-state index contributed by atoms with van der Waals surface area (Å²) in [5, 5.41) is 6.46. The molecule has 0 aliphatic heterocycles. The average molecular weight is 353 g/mol. The van der Waals surface area contributed by atoms with Gasteiger partial charge < -0.3 is 0 Å². The Hall–Kier alpha value is -2.05. The average Bonchev–Trinajstić information content (AvgIpc) is 3.33. The van der Waals surface area contributed by atoms with E-state index in [9.17, 15) is 0 Å². The Morgan fingerprint density at radius 3 is 2.62 bits per heavy atom. The Kier molecular flexibility index (Phi) is 4.40. The maximum absolute atomic E-state index is 5.90. The van der Waals surface area contributed by atoms with Crippen molar-refractivity contribution in [2.75, 3.05) is 0 Å². The van der Waals surface area contributed by atoms with E-state index >= 15 is 0 Å². The predicted octanol–water partition coefficient (Wildman–Crippen LogP) is 3.88. The van der Waals surface area contributed by atoms with E-state index in [4.69, 9.17) is 11.6 Å². The number of thiazole rings is 1. The molecule has 5 radical (unpaired) electrons. The number of halogens is 1. The number of nitrogens with zero attached hydrogens (tertiary/aromatic N) is 5. The van der Waals surface area contributed by atoms with Gasteiger partial charge in [-0.1, -0.05) is 35.1 Å². The quantitative estimate of drug-likeness (QED) is 0.669. The molecule has 1 aliphatic carbocycles. The molecule has 0 spiro atoms. The van der Waals surface area contributed by atoms with E-state index in [0.29, 0.717) is 10.2 Å². The summed E-state index contributed by atoms with van der Waals surface area (Å²) in [7, 11) is 0. The van der Waals surface area contributed by atoms with Crippen molar-refractivity contribution in [1.82, 2.24) is 19.7 Å². The first-order valence-corrected chi connectivity index (χ1v) is 8.36. The van der Waals surface area contributed by atoms with Gasteiger partial charge in [-0.3, -0.25) is 0 Å². The van der Waals surface area contributed by atoms with E-state index in [1.807, 2.05) is 49.9 Å². The van der Waals surface area contributed by atoms with Gasteiger partial charge in [0.25, 0.3) is 0 Å². The summed E-state index contributed by atoms with van der Waals surface area (Å²) in [6.45, 7) is 0. The number of aliphatic imine (C=N–C) groups is 1. The standard InChI is InChI=1S/C17H11ClN5S/c18-14-7-5-12(6-8-14)9-20-17-22-15(13-3-1-2-4-13)16(24-17)23-11-19-10-21-23/h1-11H/b20-9+. The molecule has 0 amide bonds. The maximum Gasteiger partial charge on any atom is 0.211 e. The van der Waals surface area contributed by atoms with Crippen molar-refractivity contribution in [3.8, 4) is 5.00 Å². The van der Waals surface area contributed by atoms with Crippen molar-refractivity contribution < 1.29 is 0 Å². The zero-order valence-corrected chi connectivity index (χ0v) is 13.9. The minimum Gasteiger partial charge on any atom is -0.227 e. The number of aromatic nitrogens is 4. The van der Waals surface area contributed by atoms with Gasteiger partial charge >= 0.3 is 0 Å². The van der Waals surface area contributed by atoms with Crippen LogP contribution < -0.4 is 0 Å². The third-order valence-electron chi connectivity index (χ3n) is 3.35. The lowest BCUT2D eigenvalue weighted by molar-refractivity contribution is 0.881. The molecule has 7 heteroatoms. The van der Waals surface area contributed by atoms with Crippen molar-refractivity contribution >= 4 is 34.3 Å². The van der Waals surface area contributed by atoms with Crippen LogP contribution in [0, 0.1) is 31.6 Å². The van der Waals surface area contributed by atoms with E-state index in [1.165, 1.54) is 17.7 Å². The summed E-state index contributed by atoms with van der Waals surface area (Å²) in [4.78, 5) is 13.1. The molecule has 3 aromatic rings. The van der Waals surface area contributed by atoms with Gasteiger partial charge in [0.1, 0.15) is 17.7 Å². The molecule has 1 fully saturated rings. The third kappa shape index (κ3) is 3.25. The Bertz CT molecular complexity index is 833. The molecule has 0 N–H and O–H groups in total. The molecule has 1 saturated carbocycles. The zero-order valence-electron chi connectivity index (χ0n) is 12.4. The molecule has 1 aliphatic rings. The summed E-state index contributed by atoms with van der Waals surface area (Å²) in [5.41, 5.74) is 1.81. The van der Waals surface area contributed by atoms with Gasteiger partial charge in [-0.25, -0.2) is 19.6 Å². The van der Waals surface area contributed by atoms with E-state index in [-0.39, 0.29) is 0 Å². The molecule has 4 rings (SSSR count). The van der Waals surface area contributed by atoms with Gasteiger partial charge in [-0.15, -0.1) is 0 Å². The van der Waals surface area contributed by atoms with Gasteiger partial charge in [-0.2, -0.15) is 5.10 Å². The third-order valence-corrected chi connectivity index (χ3v) is 4.56. The summed E-state index contributed by atoms with van der Waals surface area (Å²) in [5.74, 6) is 1.03. The monoisotopic (exact) mass is 352 g/mol. The second-order valence-corrected chi connectivity index (χ2v) is 6.37. The summed E-state index contributed by atoms with van der Waals surface area (Å²) in [6.07, 6.45) is 12.9. The molecule has 0 saturated heterocycles. The van der Waals surface area contributed by atoms with Crippen molar-refractivity contribution in [2.45, 2.75) is 0 Å². The molecule has 5 nitrogen and oxygen atoms in total. The number of rotatable bonds is 4. The number of hydrogen-bond acceptors (Lipinski definition) is 5. The van der Waals surface area contributed by atoms with Crippen LogP contribution in [0.3, 0.4) is 0 Å². The van der Waals surface area contributed by atoms with Crippen molar-refractivity contribution in [2.24, 2.45) is 4.99 Å². The van der Waals surface area contributed by atoms with E-state index in [1.54, 1.807) is 17.2 Å². The maximum atomic E-state index is 5.90. The largest absolute Gasteiger partial charge is 0.227 e. The Labute approximate surface area is 149 Å². The minimum absolute atomic E-state index is 0.659. The zero-order chi connectivity index (χ0) is 16.4. The van der Waals surface area contributed by atoms with Crippen molar-refractivity contribution in [3.63, 3.8) is 0 Å². The molecular formula is C17H11ClN5S. The van der Waals surface area contributed by atoms with Gasteiger partial charge in [-0.05, 0) is 43.4 Å². The molecule has 2 heterocycles. The summed E-state index contributed by atoms with van der Waals surface area (Å²) < 4.78 is 1.71. The Morgan fingerprint density at radius 1 is 1.12 bits per heavy atom. The molecule has 2 aromatic heterocycles. The lowest BCUT2D eigenvalue weighted by Crippen LogP contribution is -2.02. The summed E-state index contributed by atoms with van der Waals surface area (Å²) in [6, 6.07) is 7.49. The van der Waals surface area contributed by atoms with Crippen LogP contribution in [-0.4, -0.2) is 26.0 Å². The second kappa shape index (κ2) is 6.83. The van der Waals surface area contributed by atoms with Crippen LogP contribution in [0.4, 0.5) is 5.13 Å². The van der Waals surface area contributed by atoms with Crippen molar-refractivity contribution in [3.05, 3.63) is 84.8 Å². The molecule has 117 valence electrons. The SMILES string of the molecule is Clc1ccc(/C=N/c2nc([C]3[CH][CH][CH][CH]3)c(-n3cncn3)s2)cc1. The lowest BCUT2D eigenvalue weighted by Gasteiger charge is -2.06. The first kappa shape index (κ1) is 15.5. The van der Waals surface area contributed by atoms with Gasteiger partial charge in [0.05, 0.1) is 5.69 Å². The molecule has 0 bridgehead atoms. The summed E-state index contributed by atoms with van der Waals surface area (Å²) >= 11 is 7.36. The van der Waals surface area contributed by atoms with Crippen LogP contribution in [0.2, 0.25) is 5.02 Å². The van der Waals surface area contributed by atoms with E-state index < -0.39 is 0 Å². The Balaban J connectivity index is 1.66. The molecule has 0 atom stereocenters. The van der Waals surface area contributed by atoms with Crippen LogP contribution in [0.15, 0.2) is 41.9 Å². The van der Waals surface area contributed by atoms with E-state index in [0.717, 1.165) is 22.2 Å². The number of benzene rings is 1. The van der Waals surface area contributed by atoms with Crippen LogP contribution in [-0.2, 0) is 0 Å². The lowest BCUT2D eigenvalue weighted by atomic mass is 10.1. The fourth-order valence-electron chi connectivity index (χ4n) is 2.22. The highest BCUT2D eigenvalue weighted by molar-refractivity contribution is 7.18. The van der Waals surface area contributed by atoms with Gasteiger partial charge in [0.15, 0.2) is 0 Å². The fraction of sp³-hybridized carbons (Fsp3) is 0. The second-order valence-electron chi connectivity index (χ2n) is 4.97. The van der Waals surface area contributed by atoms with Crippen LogP contribution in [0.25, 0.3) is 5.00 Å². The van der Waals surface area contributed by atoms with Gasteiger partial charge in [0, 0.05) is 17.2 Å². The smallest absolute Gasteiger partial charge is 0.211 e. The highest BCUT2D eigenvalue weighted by Gasteiger charge is 2.26. The first-order chi connectivity index (χ1) is 11.8. The minimum atomic E-state index is 0.659. The predicted molar refractivity (Wildman–Crippen MR) is 95.3 cm³/mol. The first-order valence-electron chi connectivity index (χ1n) is 7.17. The molecule has 24 heavy (non-hydrogen) atoms. The fourth-order valence-corrected chi connectivity index (χ4v) is 3.21. The van der Waals surface area contributed by atoms with Gasteiger partial charge in [0.2, 0.25) is 5.13 Å². The van der Waals surface area contributed by atoms with E-state index in [2.05, 4.69) is 20.1 Å². The highest BCUT2D eigenvalue weighted by atomic mass is 35.5. The highest BCUT2D eigenvalue weighted by Crippen LogP contribution is 2.38. The normalized spacial score (nSPS) is 15.5. The molecular weight excluding hydrogens is 342 g/mol.